The molecule has 0 radical (unpaired) electrons. The molecule has 20 heavy (non-hydrogen) atoms. The summed E-state index contributed by atoms with van der Waals surface area (Å²) in [6.07, 6.45) is 3.50. The quantitative estimate of drug-likeness (QED) is 0.821. The number of piperidine rings is 1. The topological polar surface area (TPSA) is 50.4 Å². The van der Waals surface area contributed by atoms with E-state index in [-0.39, 0.29) is 24.2 Å². The van der Waals surface area contributed by atoms with Gasteiger partial charge in [-0.15, -0.1) is 12.4 Å². The number of nitrogens with one attached hydrogen (secondary N) is 2. The van der Waals surface area contributed by atoms with Crippen LogP contribution < -0.4 is 15.4 Å². The molecule has 1 aromatic rings. The first-order valence-corrected chi connectivity index (χ1v) is 6.65. The minimum Gasteiger partial charge on any atom is -0.489 e. The number of hydrogen-bond donors (Lipinski definition) is 2. The van der Waals surface area contributed by atoms with Crippen LogP contribution in [0.25, 0.3) is 0 Å². The summed E-state index contributed by atoms with van der Waals surface area (Å²) >= 11 is 0. The molecule has 0 aliphatic carbocycles. The Balaban J connectivity index is 0.00000200. The maximum atomic E-state index is 12.1. The van der Waals surface area contributed by atoms with Crippen LogP contribution in [0.2, 0.25) is 0 Å². The van der Waals surface area contributed by atoms with E-state index in [0.717, 1.165) is 37.4 Å². The van der Waals surface area contributed by atoms with Crippen LogP contribution in [0, 0.1) is 5.92 Å². The van der Waals surface area contributed by atoms with Crippen LogP contribution in [-0.4, -0.2) is 25.6 Å². The molecule has 1 saturated heterocycles. The van der Waals surface area contributed by atoms with Gasteiger partial charge in [0.2, 0.25) is 5.91 Å². The molecule has 110 valence electrons. The smallest absolute Gasteiger partial charge is 0.227 e. The number of amides is 1. The summed E-state index contributed by atoms with van der Waals surface area (Å²) in [6, 6.07) is 7.45. The number of ether oxygens (including phenoxy) is 1. The Bertz CT molecular complexity index is 445. The fourth-order valence-corrected chi connectivity index (χ4v) is 2.15. The van der Waals surface area contributed by atoms with Gasteiger partial charge in [-0.2, -0.15) is 0 Å². The number of hydrogen-bond acceptors (Lipinski definition) is 3. The van der Waals surface area contributed by atoms with Gasteiger partial charge in [-0.1, -0.05) is 18.7 Å². The van der Waals surface area contributed by atoms with Crippen molar-refractivity contribution < 1.29 is 9.53 Å². The molecule has 1 aliphatic rings. The Morgan fingerprint density at radius 2 is 2.20 bits per heavy atom. The predicted octanol–water partition coefficient (Wildman–Crippen LogP) is 2.61. The predicted molar refractivity (Wildman–Crippen MR) is 83.6 cm³/mol. The second-order valence-corrected chi connectivity index (χ2v) is 4.64. The SMILES string of the molecule is C=CCOc1cccc(NC(=O)C2CCNCC2)c1.Cl. The molecule has 2 rings (SSSR count). The van der Waals surface area contributed by atoms with Crippen molar-refractivity contribution in [3.8, 4) is 5.75 Å². The van der Waals surface area contributed by atoms with Crippen molar-refractivity contribution in [2.75, 3.05) is 25.0 Å². The van der Waals surface area contributed by atoms with E-state index in [0.29, 0.717) is 6.61 Å². The van der Waals surface area contributed by atoms with Gasteiger partial charge in [0, 0.05) is 17.7 Å². The van der Waals surface area contributed by atoms with Crippen LogP contribution in [-0.2, 0) is 4.79 Å². The van der Waals surface area contributed by atoms with E-state index in [1.54, 1.807) is 6.08 Å². The molecule has 0 aromatic heterocycles. The van der Waals surface area contributed by atoms with Gasteiger partial charge in [-0.05, 0) is 38.1 Å². The van der Waals surface area contributed by atoms with Crippen LogP contribution in [0.1, 0.15) is 12.8 Å². The van der Waals surface area contributed by atoms with E-state index in [4.69, 9.17) is 4.74 Å². The molecule has 1 fully saturated rings. The van der Waals surface area contributed by atoms with Crippen LogP contribution in [0.3, 0.4) is 0 Å². The number of anilines is 1. The van der Waals surface area contributed by atoms with Crippen LogP contribution in [0.5, 0.6) is 5.75 Å². The van der Waals surface area contributed by atoms with Crippen molar-refractivity contribution >= 4 is 24.0 Å². The highest BCUT2D eigenvalue weighted by molar-refractivity contribution is 5.92. The van der Waals surface area contributed by atoms with Gasteiger partial charge < -0.3 is 15.4 Å². The second kappa shape index (κ2) is 8.61. The third-order valence-electron chi connectivity index (χ3n) is 3.18. The molecule has 0 atom stereocenters. The lowest BCUT2D eigenvalue weighted by Crippen LogP contribution is -2.34. The number of carbonyl (C=O) groups is 1. The average molecular weight is 297 g/mol. The molecule has 5 heteroatoms. The maximum Gasteiger partial charge on any atom is 0.227 e. The molecule has 2 N–H and O–H groups in total. The first kappa shape index (κ1) is 16.5. The lowest BCUT2D eigenvalue weighted by molar-refractivity contribution is -0.120. The summed E-state index contributed by atoms with van der Waals surface area (Å²) < 4.78 is 5.44. The molecular formula is C15H21ClN2O2. The normalized spacial score (nSPS) is 15.0. The Hall–Kier alpha value is -1.52. The van der Waals surface area contributed by atoms with Gasteiger partial charge in [0.1, 0.15) is 12.4 Å². The van der Waals surface area contributed by atoms with Gasteiger partial charge in [0.15, 0.2) is 0 Å². The largest absolute Gasteiger partial charge is 0.489 e. The van der Waals surface area contributed by atoms with Gasteiger partial charge in [0.25, 0.3) is 0 Å². The zero-order valence-electron chi connectivity index (χ0n) is 11.4. The van der Waals surface area contributed by atoms with E-state index in [9.17, 15) is 4.79 Å². The summed E-state index contributed by atoms with van der Waals surface area (Å²) in [5.74, 6) is 0.949. The fraction of sp³-hybridized carbons (Fsp3) is 0.400. The lowest BCUT2D eigenvalue weighted by Gasteiger charge is -2.21. The zero-order valence-corrected chi connectivity index (χ0v) is 12.2. The summed E-state index contributed by atoms with van der Waals surface area (Å²) in [5.41, 5.74) is 0.782. The number of rotatable bonds is 5. The van der Waals surface area contributed by atoms with Crippen LogP contribution >= 0.6 is 12.4 Å². The molecule has 1 aromatic carbocycles. The third kappa shape index (κ3) is 4.87. The van der Waals surface area contributed by atoms with Gasteiger partial charge in [0.05, 0.1) is 0 Å². The minimum absolute atomic E-state index is 0. The third-order valence-corrected chi connectivity index (χ3v) is 3.18. The number of halogens is 1. The summed E-state index contributed by atoms with van der Waals surface area (Å²) in [7, 11) is 0. The van der Waals surface area contributed by atoms with Crippen molar-refractivity contribution in [1.82, 2.24) is 5.32 Å². The minimum atomic E-state index is 0. The van der Waals surface area contributed by atoms with E-state index >= 15 is 0 Å². The van der Waals surface area contributed by atoms with E-state index in [1.165, 1.54) is 0 Å². The first-order chi connectivity index (χ1) is 9.29. The van der Waals surface area contributed by atoms with Crippen molar-refractivity contribution in [2.24, 2.45) is 5.92 Å². The summed E-state index contributed by atoms with van der Waals surface area (Å²) in [6.45, 7) is 5.91. The van der Waals surface area contributed by atoms with E-state index in [1.807, 2.05) is 24.3 Å². The van der Waals surface area contributed by atoms with Crippen molar-refractivity contribution in [1.29, 1.82) is 0 Å². The average Bonchev–Trinajstić information content (AvgIpc) is 2.46. The van der Waals surface area contributed by atoms with Crippen LogP contribution in [0.4, 0.5) is 5.69 Å². The van der Waals surface area contributed by atoms with Crippen molar-refractivity contribution in [2.45, 2.75) is 12.8 Å². The Morgan fingerprint density at radius 3 is 2.90 bits per heavy atom. The standard InChI is InChI=1S/C15H20N2O2.ClH/c1-2-10-19-14-5-3-4-13(11-14)17-15(18)12-6-8-16-9-7-12;/h2-5,11-12,16H,1,6-10H2,(H,17,18);1H. The molecule has 0 unspecified atom stereocenters. The molecule has 4 nitrogen and oxygen atoms in total. The van der Waals surface area contributed by atoms with E-state index < -0.39 is 0 Å². The highest BCUT2D eigenvalue weighted by Gasteiger charge is 2.20. The fourth-order valence-electron chi connectivity index (χ4n) is 2.15. The number of benzene rings is 1. The van der Waals surface area contributed by atoms with E-state index in [2.05, 4.69) is 17.2 Å². The Labute approximate surface area is 126 Å². The number of carbonyl (C=O) groups excluding carboxylic acids is 1. The molecular weight excluding hydrogens is 276 g/mol. The zero-order chi connectivity index (χ0) is 13.5. The molecule has 1 amide bonds. The highest BCUT2D eigenvalue weighted by atomic mass is 35.5. The Kier molecular flexibility index (Phi) is 7.12. The monoisotopic (exact) mass is 296 g/mol. The molecule has 1 aliphatic heterocycles. The van der Waals surface area contributed by atoms with Crippen molar-refractivity contribution in [3.63, 3.8) is 0 Å². The molecule has 0 saturated carbocycles. The first-order valence-electron chi connectivity index (χ1n) is 6.65. The maximum absolute atomic E-state index is 12.1. The lowest BCUT2D eigenvalue weighted by atomic mass is 9.97. The second-order valence-electron chi connectivity index (χ2n) is 4.64. The molecule has 1 heterocycles. The van der Waals surface area contributed by atoms with Gasteiger partial charge >= 0.3 is 0 Å². The highest BCUT2D eigenvalue weighted by Crippen LogP contribution is 2.20. The Morgan fingerprint density at radius 1 is 1.45 bits per heavy atom. The van der Waals surface area contributed by atoms with Gasteiger partial charge in [-0.25, -0.2) is 0 Å². The van der Waals surface area contributed by atoms with Crippen molar-refractivity contribution in [3.05, 3.63) is 36.9 Å². The summed E-state index contributed by atoms with van der Waals surface area (Å²) in [5, 5.41) is 6.21. The summed E-state index contributed by atoms with van der Waals surface area (Å²) in [4.78, 5) is 12.1. The van der Waals surface area contributed by atoms with Crippen LogP contribution in [0.15, 0.2) is 36.9 Å². The molecule has 0 bridgehead atoms. The van der Waals surface area contributed by atoms with Gasteiger partial charge in [-0.3, -0.25) is 4.79 Å². The molecule has 0 spiro atoms.